The summed E-state index contributed by atoms with van der Waals surface area (Å²) in [6, 6.07) is 2.88. The molecule has 2 unspecified atom stereocenters. The average molecular weight is 250 g/mol. The van der Waals surface area contributed by atoms with E-state index in [1.807, 2.05) is 6.07 Å². The predicted octanol–water partition coefficient (Wildman–Crippen LogP) is 1.50. The van der Waals surface area contributed by atoms with Crippen molar-refractivity contribution in [3.8, 4) is 0 Å². The molecule has 3 rings (SSSR count). The van der Waals surface area contributed by atoms with Crippen molar-refractivity contribution >= 4 is 11.6 Å². The quantitative estimate of drug-likeness (QED) is 0.836. The molecule has 1 aromatic rings. The number of rotatable bonds is 2. The van der Waals surface area contributed by atoms with Crippen LogP contribution in [0.15, 0.2) is 12.1 Å². The number of ether oxygens (including phenoxy) is 1. The first-order valence-corrected chi connectivity index (χ1v) is 6.14. The normalized spacial score (nSPS) is 23.9. The van der Waals surface area contributed by atoms with E-state index < -0.39 is 5.82 Å². The van der Waals surface area contributed by atoms with Gasteiger partial charge in [-0.25, -0.2) is 4.39 Å². The Morgan fingerprint density at radius 1 is 1.50 bits per heavy atom. The number of fused-ring (bicyclic) bond motifs is 1. The first-order valence-electron chi connectivity index (χ1n) is 6.14. The molecular formula is C13H15FN2O2. The highest BCUT2D eigenvalue weighted by molar-refractivity contribution is 5.99. The van der Waals surface area contributed by atoms with Crippen LogP contribution in [0.4, 0.5) is 10.1 Å². The maximum Gasteiger partial charge on any atom is 0.228 e. The van der Waals surface area contributed by atoms with Crippen molar-refractivity contribution in [3.63, 3.8) is 0 Å². The van der Waals surface area contributed by atoms with E-state index in [9.17, 15) is 9.18 Å². The van der Waals surface area contributed by atoms with Crippen LogP contribution in [0, 0.1) is 5.82 Å². The minimum Gasteiger partial charge on any atom is -0.376 e. The highest BCUT2D eigenvalue weighted by Crippen LogP contribution is 2.32. The number of halogens is 1. The van der Waals surface area contributed by atoms with Gasteiger partial charge in [-0.3, -0.25) is 4.79 Å². The van der Waals surface area contributed by atoms with Crippen molar-refractivity contribution in [3.05, 3.63) is 29.1 Å². The van der Waals surface area contributed by atoms with Crippen LogP contribution in [0.25, 0.3) is 0 Å². The van der Waals surface area contributed by atoms with E-state index >= 15 is 0 Å². The van der Waals surface area contributed by atoms with Gasteiger partial charge in [-0.2, -0.15) is 0 Å². The van der Waals surface area contributed by atoms with Gasteiger partial charge in [0.25, 0.3) is 0 Å². The maximum atomic E-state index is 13.9. The van der Waals surface area contributed by atoms with Gasteiger partial charge in [0.15, 0.2) is 0 Å². The van der Waals surface area contributed by atoms with Crippen molar-refractivity contribution in [1.29, 1.82) is 0 Å². The van der Waals surface area contributed by atoms with E-state index in [1.165, 1.54) is 6.07 Å². The SMILES string of the molecule is NC(c1cc(F)c2c(c1)CC(=O)N2)C1CCCO1. The number of carbonyl (C=O) groups is 1. The molecule has 1 saturated heterocycles. The molecule has 2 atom stereocenters. The molecule has 4 nitrogen and oxygen atoms in total. The monoisotopic (exact) mass is 250 g/mol. The Balaban J connectivity index is 1.91. The predicted molar refractivity (Wildman–Crippen MR) is 64.6 cm³/mol. The fourth-order valence-corrected chi connectivity index (χ4v) is 2.62. The lowest BCUT2D eigenvalue weighted by Gasteiger charge is -2.19. The van der Waals surface area contributed by atoms with Gasteiger partial charge in [-0.15, -0.1) is 0 Å². The number of hydrogen-bond acceptors (Lipinski definition) is 3. The second-order valence-corrected chi connectivity index (χ2v) is 4.84. The van der Waals surface area contributed by atoms with Gasteiger partial charge in [0.05, 0.1) is 24.3 Å². The van der Waals surface area contributed by atoms with Crippen LogP contribution in [0.3, 0.4) is 0 Å². The fraction of sp³-hybridized carbons (Fsp3) is 0.462. The van der Waals surface area contributed by atoms with Gasteiger partial charge in [-0.05, 0) is 30.0 Å². The number of benzene rings is 1. The second-order valence-electron chi connectivity index (χ2n) is 4.84. The van der Waals surface area contributed by atoms with E-state index in [4.69, 9.17) is 10.5 Å². The van der Waals surface area contributed by atoms with Crippen LogP contribution in [-0.4, -0.2) is 18.6 Å². The summed E-state index contributed by atoms with van der Waals surface area (Å²) in [4.78, 5) is 11.3. The Morgan fingerprint density at radius 2 is 2.33 bits per heavy atom. The zero-order valence-electron chi connectivity index (χ0n) is 9.91. The number of amides is 1. The van der Waals surface area contributed by atoms with Gasteiger partial charge < -0.3 is 15.8 Å². The highest BCUT2D eigenvalue weighted by Gasteiger charge is 2.28. The summed E-state index contributed by atoms with van der Waals surface area (Å²) >= 11 is 0. The Morgan fingerprint density at radius 3 is 3.06 bits per heavy atom. The van der Waals surface area contributed by atoms with Crippen molar-refractivity contribution in [2.24, 2.45) is 5.73 Å². The van der Waals surface area contributed by atoms with E-state index in [-0.39, 0.29) is 24.5 Å². The molecular weight excluding hydrogens is 235 g/mol. The molecule has 18 heavy (non-hydrogen) atoms. The lowest BCUT2D eigenvalue weighted by molar-refractivity contribution is -0.115. The second kappa shape index (κ2) is 4.33. The summed E-state index contributed by atoms with van der Waals surface area (Å²) in [6.07, 6.45) is 2.06. The summed E-state index contributed by atoms with van der Waals surface area (Å²) in [5.41, 5.74) is 7.78. The molecule has 1 fully saturated rings. The molecule has 0 aliphatic carbocycles. The Bertz CT molecular complexity index is 498. The van der Waals surface area contributed by atoms with Crippen LogP contribution >= 0.6 is 0 Å². The molecule has 3 N–H and O–H groups in total. The van der Waals surface area contributed by atoms with E-state index in [2.05, 4.69) is 5.32 Å². The summed E-state index contributed by atoms with van der Waals surface area (Å²) in [6.45, 7) is 0.714. The molecule has 0 radical (unpaired) electrons. The van der Waals surface area contributed by atoms with E-state index in [1.54, 1.807) is 0 Å². The molecule has 1 aromatic carbocycles. The average Bonchev–Trinajstić information content (AvgIpc) is 2.96. The van der Waals surface area contributed by atoms with Gasteiger partial charge in [-0.1, -0.05) is 6.07 Å². The van der Waals surface area contributed by atoms with Gasteiger partial charge in [0.1, 0.15) is 5.82 Å². The number of nitrogens with one attached hydrogen (secondary N) is 1. The fourth-order valence-electron chi connectivity index (χ4n) is 2.62. The highest BCUT2D eigenvalue weighted by atomic mass is 19.1. The largest absolute Gasteiger partial charge is 0.376 e. The lowest BCUT2D eigenvalue weighted by Crippen LogP contribution is -2.25. The summed E-state index contributed by atoms with van der Waals surface area (Å²) in [5.74, 6) is -0.589. The molecule has 2 aliphatic heterocycles. The molecule has 5 heteroatoms. The van der Waals surface area contributed by atoms with Crippen LogP contribution in [0.5, 0.6) is 0 Å². The first-order chi connectivity index (χ1) is 8.65. The molecule has 0 saturated carbocycles. The van der Waals surface area contributed by atoms with Crippen molar-refractivity contribution in [2.45, 2.75) is 31.4 Å². The smallest absolute Gasteiger partial charge is 0.228 e. The summed E-state index contributed by atoms with van der Waals surface area (Å²) in [5, 5.41) is 2.52. The molecule has 96 valence electrons. The number of anilines is 1. The molecule has 0 bridgehead atoms. The minimum absolute atomic E-state index is 0.0486. The molecule has 1 amide bonds. The van der Waals surface area contributed by atoms with Crippen LogP contribution in [-0.2, 0) is 16.0 Å². The Kier molecular flexibility index (Phi) is 2.80. The third-order valence-electron chi connectivity index (χ3n) is 3.56. The zero-order chi connectivity index (χ0) is 12.7. The zero-order valence-corrected chi connectivity index (χ0v) is 9.91. The number of carbonyl (C=O) groups excluding carboxylic acids is 1. The summed E-state index contributed by atoms with van der Waals surface area (Å²) in [7, 11) is 0. The van der Waals surface area contributed by atoms with Crippen LogP contribution < -0.4 is 11.1 Å². The minimum atomic E-state index is -0.415. The van der Waals surface area contributed by atoms with Gasteiger partial charge in [0.2, 0.25) is 5.91 Å². The molecule has 0 spiro atoms. The Labute approximate surface area is 104 Å². The molecule has 2 aliphatic rings. The van der Waals surface area contributed by atoms with Crippen LogP contribution in [0.1, 0.15) is 30.0 Å². The Hall–Kier alpha value is -1.46. The molecule has 0 aromatic heterocycles. The van der Waals surface area contributed by atoms with Gasteiger partial charge >= 0.3 is 0 Å². The third kappa shape index (κ3) is 1.89. The number of nitrogens with two attached hydrogens (primary N) is 1. The standard InChI is InChI=1S/C13H15FN2O2/c14-9-5-7(12(15)10-2-1-3-18-10)4-8-6-11(17)16-13(8)9/h4-5,10,12H,1-3,6,15H2,(H,16,17). The lowest BCUT2D eigenvalue weighted by atomic mass is 9.97. The van der Waals surface area contributed by atoms with Crippen molar-refractivity contribution in [1.82, 2.24) is 0 Å². The first kappa shape index (κ1) is 11.6. The third-order valence-corrected chi connectivity index (χ3v) is 3.56. The maximum absolute atomic E-state index is 13.9. The topological polar surface area (TPSA) is 64.4 Å². The van der Waals surface area contributed by atoms with Crippen molar-refractivity contribution < 1.29 is 13.9 Å². The van der Waals surface area contributed by atoms with Gasteiger partial charge in [0, 0.05) is 6.61 Å². The summed E-state index contributed by atoms with van der Waals surface area (Å²) < 4.78 is 19.4. The van der Waals surface area contributed by atoms with Crippen LogP contribution in [0.2, 0.25) is 0 Å². The molecule has 2 heterocycles. The van der Waals surface area contributed by atoms with Crippen molar-refractivity contribution in [2.75, 3.05) is 11.9 Å². The number of hydrogen-bond donors (Lipinski definition) is 2. The van der Waals surface area contributed by atoms with E-state index in [0.717, 1.165) is 12.8 Å². The van der Waals surface area contributed by atoms with E-state index in [0.29, 0.717) is 23.4 Å².